The van der Waals surface area contributed by atoms with Gasteiger partial charge in [-0.05, 0) is 53.7 Å². The van der Waals surface area contributed by atoms with Crippen LogP contribution in [0, 0.1) is 0 Å². The molecule has 1 rings (SSSR count). The molecule has 0 aliphatic rings. The summed E-state index contributed by atoms with van der Waals surface area (Å²) in [5.41, 5.74) is -0.0327. The molecule has 1 aromatic heterocycles. The molecule has 1 amide bonds. The lowest BCUT2D eigenvalue weighted by atomic mass is 10.1. The van der Waals surface area contributed by atoms with E-state index in [0.717, 1.165) is 0 Å². The van der Waals surface area contributed by atoms with Crippen LogP contribution in [0.5, 0.6) is 0 Å². The Morgan fingerprint density at radius 1 is 1.00 bits per heavy atom. The average Bonchev–Trinajstić information content (AvgIpc) is 2.13. The van der Waals surface area contributed by atoms with Gasteiger partial charge in [0, 0.05) is 11.1 Å². The lowest BCUT2D eigenvalue weighted by Crippen LogP contribution is -2.41. The van der Waals surface area contributed by atoms with Crippen molar-refractivity contribution in [3.8, 4) is 0 Å². The van der Waals surface area contributed by atoms with Gasteiger partial charge in [0.1, 0.15) is 5.82 Å². The van der Waals surface area contributed by atoms with Crippen molar-refractivity contribution in [2.45, 2.75) is 52.6 Å². The van der Waals surface area contributed by atoms with Crippen LogP contribution in [0.3, 0.4) is 0 Å². The second-order valence-corrected chi connectivity index (χ2v) is 6.38. The SMILES string of the molecule is CC(C)(C)NC(=O)c1ccc(NC(C)(C)C)nn1. The van der Waals surface area contributed by atoms with Crippen molar-refractivity contribution in [2.75, 3.05) is 5.32 Å². The van der Waals surface area contributed by atoms with Crippen molar-refractivity contribution in [1.29, 1.82) is 0 Å². The highest BCUT2D eigenvalue weighted by molar-refractivity contribution is 5.92. The molecule has 0 saturated carbocycles. The highest BCUT2D eigenvalue weighted by atomic mass is 16.2. The van der Waals surface area contributed by atoms with Gasteiger partial charge in [-0.3, -0.25) is 4.79 Å². The van der Waals surface area contributed by atoms with Crippen molar-refractivity contribution >= 4 is 11.7 Å². The zero-order valence-corrected chi connectivity index (χ0v) is 12.0. The summed E-state index contributed by atoms with van der Waals surface area (Å²) in [6.07, 6.45) is 0. The molecule has 0 bridgehead atoms. The summed E-state index contributed by atoms with van der Waals surface area (Å²) >= 11 is 0. The number of amides is 1. The van der Waals surface area contributed by atoms with Gasteiger partial charge in [0.25, 0.3) is 5.91 Å². The van der Waals surface area contributed by atoms with Crippen LogP contribution in [0.1, 0.15) is 52.0 Å². The Bertz CT molecular complexity index is 412. The van der Waals surface area contributed by atoms with Gasteiger partial charge >= 0.3 is 0 Å². The summed E-state index contributed by atoms with van der Waals surface area (Å²) < 4.78 is 0. The van der Waals surface area contributed by atoms with Gasteiger partial charge in [-0.25, -0.2) is 0 Å². The van der Waals surface area contributed by atoms with E-state index in [-0.39, 0.29) is 17.0 Å². The molecule has 2 N–H and O–H groups in total. The third-order valence-electron chi connectivity index (χ3n) is 1.89. The first-order valence-electron chi connectivity index (χ1n) is 6.01. The quantitative estimate of drug-likeness (QED) is 0.844. The number of hydrogen-bond donors (Lipinski definition) is 2. The minimum atomic E-state index is -0.277. The molecular weight excluding hydrogens is 228 g/mol. The molecule has 0 spiro atoms. The van der Waals surface area contributed by atoms with E-state index in [0.29, 0.717) is 11.5 Å². The Labute approximate surface area is 108 Å². The number of hydrogen-bond acceptors (Lipinski definition) is 4. The molecule has 0 unspecified atom stereocenters. The van der Waals surface area contributed by atoms with Gasteiger partial charge in [-0.2, -0.15) is 0 Å². The highest BCUT2D eigenvalue weighted by Gasteiger charge is 2.17. The summed E-state index contributed by atoms with van der Waals surface area (Å²) in [7, 11) is 0. The minimum absolute atomic E-state index is 0.0795. The van der Waals surface area contributed by atoms with Crippen LogP contribution in [-0.4, -0.2) is 27.2 Å². The average molecular weight is 250 g/mol. The van der Waals surface area contributed by atoms with E-state index < -0.39 is 0 Å². The normalized spacial score (nSPS) is 12.1. The van der Waals surface area contributed by atoms with Crippen LogP contribution in [0.25, 0.3) is 0 Å². The predicted molar refractivity (Wildman–Crippen MR) is 72.6 cm³/mol. The van der Waals surface area contributed by atoms with E-state index in [1.165, 1.54) is 0 Å². The molecule has 5 heteroatoms. The number of nitrogens with zero attached hydrogens (tertiary/aromatic N) is 2. The van der Waals surface area contributed by atoms with Crippen molar-refractivity contribution in [3.63, 3.8) is 0 Å². The molecule has 0 fully saturated rings. The third kappa shape index (κ3) is 5.12. The molecule has 0 aliphatic carbocycles. The second kappa shape index (κ2) is 4.92. The van der Waals surface area contributed by atoms with E-state index in [9.17, 15) is 4.79 Å². The number of carbonyl (C=O) groups excluding carboxylic acids is 1. The molecule has 0 aliphatic heterocycles. The fourth-order valence-corrected chi connectivity index (χ4v) is 1.31. The summed E-state index contributed by atoms with van der Waals surface area (Å²) in [6.45, 7) is 11.9. The fraction of sp³-hybridized carbons (Fsp3) is 0.615. The Morgan fingerprint density at radius 2 is 1.61 bits per heavy atom. The predicted octanol–water partition coefficient (Wildman–Crippen LogP) is 2.22. The number of aromatic nitrogens is 2. The maximum atomic E-state index is 11.8. The van der Waals surface area contributed by atoms with E-state index >= 15 is 0 Å². The first kappa shape index (κ1) is 14.4. The van der Waals surface area contributed by atoms with Gasteiger partial charge in [0.05, 0.1) is 0 Å². The molecule has 1 aromatic rings. The van der Waals surface area contributed by atoms with Gasteiger partial charge in [-0.1, -0.05) is 0 Å². The Morgan fingerprint density at radius 3 is 2.00 bits per heavy atom. The van der Waals surface area contributed by atoms with Crippen molar-refractivity contribution in [2.24, 2.45) is 0 Å². The molecule has 5 nitrogen and oxygen atoms in total. The maximum absolute atomic E-state index is 11.8. The monoisotopic (exact) mass is 250 g/mol. The van der Waals surface area contributed by atoms with E-state index in [1.807, 2.05) is 41.5 Å². The topological polar surface area (TPSA) is 66.9 Å². The second-order valence-electron chi connectivity index (χ2n) is 6.38. The Kier molecular flexibility index (Phi) is 3.94. The Hall–Kier alpha value is -1.65. The number of rotatable bonds is 2. The lowest BCUT2D eigenvalue weighted by Gasteiger charge is -2.21. The molecule has 1 heterocycles. The van der Waals surface area contributed by atoms with Gasteiger partial charge in [0.15, 0.2) is 5.69 Å². The highest BCUT2D eigenvalue weighted by Crippen LogP contribution is 2.11. The van der Waals surface area contributed by atoms with E-state index in [4.69, 9.17) is 0 Å². The van der Waals surface area contributed by atoms with Crippen molar-refractivity contribution in [3.05, 3.63) is 17.8 Å². The summed E-state index contributed by atoms with van der Waals surface area (Å²) in [5, 5.41) is 13.9. The first-order chi connectivity index (χ1) is 8.07. The summed E-state index contributed by atoms with van der Waals surface area (Å²) in [5.74, 6) is 0.451. The first-order valence-corrected chi connectivity index (χ1v) is 6.01. The number of nitrogens with one attached hydrogen (secondary N) is 2. The van der Waals surface area contributed by atoms with Crippen LogP contribution < -0.4 is 10.6 Å². The lowest BCUT2D eigenvalue weighted by molar-refractivity contribution is 0.0913. The minimum Gasteiger partial charge on any atom is -0.364 e. The van der Waals surface area contributed by atoms with Crippen LogP contribution >= 0.6 is 0 Å². The zero-order valence-electron chi connectivity index (χ0n) is 12.0. The van der Waals surface area contributed by atoms with Crippen LogP contribution in [-0.2, 0) is 0 Å². The maximum Gasteiger partial charge on any atom is 0.272 e. The summed E-state index contributed by atoms with van der Waals surface area (Å²) in [4.78, 5) is 11.8. The van der Waals surface area contributed by atoms with E-state index in [2.05, 4.69) is 20.8 Å². The molecule has 0 radical (unpaired) electrons. The molecule has 0 aromatic carbocycles. The largest absolute Gasteiger partial charge is 0.364 e. The molecular formula is C13H22N4O. The number of anilines is 1. The van der Waals surface area contributed by atoms with Crippen LogP contribution in [0.15, 0.2) is 12.1 Å². The number of carbonyl (C=O) groups is 1. The van der Waals surface area contributed by atoms with Gasteiger partial charge < -0.3 is 10.6 Å². The van der Waals surface area contributed by atoms with E-state index in [1.54, 1.807) is 12.1 Å². The summed E-state index contributed by atoms with van der Waals surface area (Å²) in [6, 6.07) is 3.43. The molecule has 100 valence electrons. The van der Waals surface area contributed by atoms with Crippen molar-refractivity contribution in [1.82, 2.24) is 15.5 Å². The zero-order chi connectivity index (χ0) is 14.0. The van der Waals surface area contributed by atoms with Crippen LogP contribution in [0.2, 0.25) is 0 Å². The van der Waals surface area contributed by atoms with Gasteiger partial charge in [0.2, 0.25) is 0 Å². The van der Waals surface area contributed by atoms with Crippen molar-refractivity contribution < 1.29 is 4.79 Å². The smallest absolute Gasteiger partial charge is 0.272 e. The standard InChI is InChI=1S/C13H22N4O/c1-12(2,3)14-10-8-7-9(16-17-10)11(18)15-13(4,5)6/h7-8H,1-6H3,(H,14,17)(H,15,18). The third-order valence-corrected chi connectivity index (χ3v) is 1.89. The fourth-order valence-electron chi connectivity index (χ4n) is 1.31. The van der Waals surface area contributed by atoms with Gasteiger partial charge in [-0.15, -0.1) is 10.2 Å². The molecule has 0 saturated heterocycles. The Balaban J connectivity index is 2.74. The van der Waals surface area contributed by atoms with Crippen LogP contribution in [0.4, 0.5) is 5.82 Å². The molecule has 18 heavy (non-hydrogen) atoms. The molecule has 0 atom stereocenters.